The fourth-order valence-corrected chi connectivity index (χ4v) is 0.667. The lowest BCUT2D eigenvalue weighted by molar-refractivity contribution is -0.142. The number of nitrogens with zero attached hydrogens (tertiary/aromatic N) is 1. The van der Waals surface area contributed by atoms with Crippen molar-refractivity contribution in [1.29, 1.82) is 0 Å². The molecule has 0 amide bonds. The molecule has 1 heterocycles. The number of hydrogen-bond donors (Lipinski definition) is 0. The van der Waals surface area contributed by atoms with E-state index in [-0.39, 0.29) is 0 Å². The zero-order chi connectivity index (χ0) is 9.35. The van der Waals surface area contributed by atoms with Gasteiger partial charge >= 0.3 is 6.18 Å². The van der Waals surface area contributed by atoms with E-state index in [1.54, 1.807) is 0 Å². The summed E-state index contributed by atoms with van der Waals surface area (Å²) in [6.45, 7) is 0. The third-order valence-corrected chi connectivity index (χ3v) is 1.14. The van der Waals surface area contributed by atoms with Crippen molar-refractivity contribution in [3.05, 3.63) is 29.6 Å². The third kappa shape index (κ3) is 1.51. The van der Waals surface area contributed by atoms with Gasteiger partial charge in [0.05, 0.1) is 0 Å². The summed E-state index contributed by atoms with van der Waals surface area (Å²) in [4.78, 5) is 2.68. The standard InChI is InChI=1S/C6H2F5N/c7-3-1-2-12-5(8)4(3)6(9,10)11/h1-2H. The molecule has 0 aromatic carbocycles. The third-order valence-electron chi connectivity index (χ3n) is 1.14. The molecular weight excluding hydrogens is 181 g/mol. The molecule has 0 aliphatic heterocycles. The van der Waals surface area contributed by atoms with E-state index in [0.29, 0.717) is 12.3 Å². The molecule has 0 unspecified atom stereocenters. The van der Waals surface area contributed by atoms with Crippen LogP contribution < -0.4 is 0 Å². The molecule has 0 N–H and O–H groups in total. The topological polar surface area (TPSA) is 12.9 Å². The van der Waals surface area contributed by atoms with E-state index >= 15 is 0 Å². The normalized spacial score (nSPS) is 11.8. The summed E-state index contributed by atoms with van der Waals surface area (Å²) in [6, 6.07) is 0.450. The monoisotopic (exact) mass is 183 g/mol. The summed E-state index contributed by atoms with van der Waals surface area (Å²) in [5, 5.41) is 0. The number of alkyl halides is 3. The fourth-order valence-electron chi connectivity index (χ4n) is 0.667. The van der Waals surface area contributed by atoms with Gasteiger partial charge in [-0.05, 0) is 6.07 Å². The first-order valence-corrected chi connectivity index (χ1v) is 2.80. The second-order valence-corrected chi connectivity index (χ2v) is 1.96. The first-order valence-electron chi connectivity index (χ1n) is 2.80. The zero-order valence-corrected chi connectivity index (χ0v) is 5.49. The largest absolute Gasteiger partial charge is 0.423 e. The molecule has 1 aromatic rings. The van der Waals surface area contributed by atoms with E-state index in [2.05, 4.69) is 4.98 Å². The molecule has 12 heavy (non-hydrogen) atoms. The molecule has 66 valence electrons. The molecule has 1 rings (SSSR count). The van der Waals surface area contributed by atoms with Gasteiger partial charge in [-0.1, -0.05) is 0 Å². The lowest BCUT2D eigenvalue weighted by Crippen LogP contribution is -2.12. The molecule has 1 nitrogen and oxygen atoms in total. The Labute approximate surface area is 63.8 Å². The SMILES string of the molecule is Fc1ccnc(F)c1C(F)(F)F. The van der Waals surface area contributed by atoms with E-state index < -0.39 is 23.5 Å². The van der Waals surface area contributed by atoms with Crippen LogP contribution in [-0.4, -0.2) is 4.98 Å². The van der Waals surface area contributed by atoms with Gasteiger partial charge < -0.3 is 0 Å². The van der Waals surface area contributed by atoms with Gasteiger partial charge in [-0.25, -0.2) is 9.37 Å². The second-order valence-electron chi connectivity index (χ2n) is 1.96. The molecule has 0 aliphatic rings. The Morgan fingerprint density at radius 1 is 1.17 bits per heavy atom. The smallest absolute Gasteiger partial charge is 0.228 e. The van der Waals surface area contributed by atoms with Crippen molar-refractivity contribution in [2.24, 2.45) is 0 Å². The zero-order valence-electron chi connectivity index (χ0n) is 5.49. The highest BCUT2D eigenvalue weighted by Crippen LogP contribution is 2.32. The highest BCUT2D eigenvalue weighted by atomic mass is 19.4. The molecule has 0 saturated carbocycles. The minimum absolute atomic E-state index is 0.450. The number of hydrogen-bond acceptors (Lipinski definition) is 1. The van der Waals surface area contributed by atoms with Crippen LogP contribution in [-0.2, 0) is 6.18 Å². The Morgan fingerprint density at radius 2 is 1.75 bits per heavy atom. The van der Waals surface area contributed by atoms with Crippen molar-refractivity contribution in [3.63, 3.8) is 0 Å². The summed E-state index contributed by atoms with van der Waals surface area (Å²) in [6.07, 6.45) is -4.41. The number of pyridine rings is 1. The molecular formula is C6H2F5N. The summed E-state index contributed by atoms with van der Waals surface area (Å²) in [5.41, 5.74) is -1.95. The Kier molecular flexibility index (Phi) is 1.99. The van der Waals surface area contributed by atoms with Gasteiger partial charge in [0.25, 0.3) is 0 Å². The van der Waals surface area contributed by atoms with E-state index in [0.717, 1.165) is 0 Å². The van der Waals surface area contributed by atoms with E-state index in [9.17, 15) is 22.0 Å². The maximum atomic E-state index is 12.3. The van der Waals surface area contributed by atoms with Crippen molar-refractivity contribution in [2.75, 3.05) is 0 Å². The first-order chi connectivity index (χ1) is 5.43. The molecule has 0 radical (unpaired) electrons. The molecule has 0 saturated heterocycles. The van der Waals surface area contributed by atoms with E-state index in [1.807, 2.05) is 0 Å². The van der Waals surface area contributed by atoms with Crippen molar-refractivity contribution in [1.82, 2.24) is 4.98 Å². The van der Waals surface area contributed by atoms with Crippen LogP contribution in [0.5, 0.6) is 0 Å². The number of rotatable bonds is 0. The molecule has 6 heteroatoms. The summed E-state index contributed by atoms with van der Waals surface area (Å²) in [7, 11) is 0. The number of halogens is 5. The minimum atomic E-state index is -5.04. The average Bonchev–Trinajstić information content (AvgIpc) is 1.82. The highest BCUT2D eigenvalue weighted by molar-refractivity contribution is 5.16. The lowest BCUT2D eigenvalue weighted by Gasteiger charge is -2.06. The van der Waals surface area contributed by atoms with Crippen molar-refractivity contribution in [2.45, 2.75) is 6.18 Å². The van der Waals surface area contributed by atoms with Gasteiger partial charge in [0.2, 0.25) is 5.95 Å². The van der Waals surface area contributed by atoms with Crippen LogP contribution in [0.15, 0.2) is 12.3 Å². The fraction of sp³-hybridized carbons (Fsp3) is 0.167. The molecule has 0 aliphatic carbocycles. The van der Waals surface area contributed by atoms with Gasteiger partial charge in [-0.2, -0.15) is 17.6 Å². The van der Waals surface area contributed by atoms with Crippen LogP contribution in [0.25, 0.3) is 0 Å². The maximum Gasteiger partial charge on any atom is 0.423 e. The van der Waals surface area contributed by atoms with Gasteiger partial charge in [-0.3, -0.25) is 0 Å². The van der Waals surface area contributed by atoms with Crippen LogP contribution >= 0.6 is 0 Å². The van der Waals surface area contributed by atoms with Crippen LogP contribution in [0.3, 0.4) is 0 Å². The van der Waals surface area contributed by atoms with Gasteiger partial charge in [0.15, 0.2) is 0 Å². The summed E-state index contributed by atoms with van der Waals surface area (Å²) in [5.74, 6) is -3.50. The van der Waals surface area contributed by atoms with Crippen LogP contribution in [0.1, 0.15) is 5.56 Å². The lowest BCUT2D eigenvalue weighted by atomic mass is 10.2. The minimum Gasteiger partial charge on any atom is -0.228 e. The number of aromatic nitrogens is 1. The van der Waals surface area contributed by atoms with Gasteiger partial charge in [0.1, 0.15) is 11.4 Å². The molecule has 0 bridgehead atoms. The predicted molar refractivity (Wildman–Crippen MR) is 29.2 cm³/mol. The molecule has 0 atom stereocenters. The van der Waals surface area contributed by atoms with Crippen LogP contribution in [0.4, 0.5) is 22.0 Å². The molecule has 1 aromatic heterocycles. The molecule has 0 fully saturated rings. The Hall–Kier alpha value is -1.20. The van der Waals surface area contributed by atoms with Gasteiger partial charge in [-0.15, -0.1) is 0 Å². The summed E-state index contributed by atoms with van der Waals surface area (Å²) >= 11 is 0. The van der Waals surface area contributed by atoms with Crippen LogP contribution in [0.2, 0.25) is 0 Å². The second kappa shape index (κ2) is 2.69. The van der Waals surface area contributed by atoms with Crippen molar-refractivity contribution < 1.29 is 22.0 Å². The van der Waals surface area contributed by atoms with Crippen molar-refractivity contribution >= 4 is 0 Å². The predicted octanol–water partition coefficient (Wildman–Crippen LogP) is 2.38. The maximum absolute atomic E-state index is 12.3. The summed E-state index contributed by atoms with van der Waals surface area (Å²) < 4.78 is 60.0. The Bertz CT molecular complexity index is 272. The Morgan fingerprint density at radius 3 is 2.08 bits per heavy atom. The Balaban J connectivity index is 3.31. The average molecular weight is 183 g/mol. The van der Waals surface area contributed by atoms with Crippen LogP contribution in [0, 0.1) is 11.8 Å². The van der Waals surface area contributed by atoms with Gasteiger partial charge in [0, 0.05) is 6.20 Å². The highest BCUT2D eigenvalue weighted by Gasteiger charge is 2.38. The first kappa shape index (κ1) is 8.89. The van der Waals surface area contributed by atoms with Crippen molar-refractivity contribution in [3.8, 4) is 0 Å². The molecule has 0 spiro atoms. The van der Waals surface area contributed by atoms with E-state index in [4.69, 9.17) is 0 Å². The van der Waals surface area contributed by atoms with E-state index in [1.165, 1.54) is 0 Å². The quantitative estimate of drug-likeness (QED) is 0.444.